The van der Waals surface area contributed by atoms with Crippen LogP contribution in [0, 0.1) is 11.8 Å². The van der Waals surface area contributed by atoms with Gasteiger partial charge < -0.3 is 20.4 Å². The molecule has 6 heteroatoms. The highest BCUT2D eigenvalue weighted by Crippen LogP contribution is 2.28. The number of benzene rings is 2. The van der Waals surface area contributed by atoms with Gasteiger partial charge in [0.2, 0.25) is 0 Å². The Hall–Kier alpha value is -1.46. The summed E-state index contributed by atoms with van der Waals surface area (Å²) in [6.45, 7) is 9.19. The van der Waals surface area contributed by atoms with Crippen molar-refractivity contribution in [1.82, 2.24) is 10.6 Å². The van der Waals surface area contributed by atoms with E-state index in [9.17, 15) is 0 Å². The van der Waals surface area contributed by atoms with E-state index in [1.165, 1.54) is 100 Å². The van der Waals surface area contributed by atoms with Gasteiger partial charge in [-0.25, -0.2) is 0 Å². The van der Waals surface area contributed by atoms with Crippen molar-refractivity contribution in [2.45, 2.75) is 64.5 Å². The van der Waals surface area contributed by atoms with Gasteiger partial charge in [-0.15, -0.1) is 24.8 Å². The molecule has 4 nitrogen and oxygen atoms in total. The molecule has 2 atom stereocenters. The zero-order chi connectivity index (χ0) is 23.0. The summed E-state index contributed by atoms with van der Waals surface area (Å²) in [5.41, 5.74) is 5.61. The van der Waals surface area contributed by atoms with E-state index in [0.717, 1.165) is 38.0 Å². The predicted octanol–water partition coefficient (Wildman–Crippen LogP) is 6.42. The largest absolute Gasteiger partial charge is 0.372 e. The summed E-state index contributed by atoms with van der Waals surface area (Å²) in [5, 5.41) is 7.51. The lowest BCUT2D eigenvalue weighted by molar-refractivity contribution is 0.252. The number of rotatable bonds is 10. The van der Waals surface area contributed by atoms with Gasteiger partial charge in [-0.1, -0.05) is 30.7 Å². The van der Waals surface area contributed by atoms with Gasteiger partial charge in [-0.2, -0.15) is 0 Å². The van der Waals surface area contributed by atoms with Crippen molar-refractivity contribution in [1.29, 1.82) is 0 Å². The minimum absolute atomic E-state index is 0. The molecule has 0 radical (unpaired) electrons. The minimum Gasteiger partial charge on any atom is -0.372 e. The predicted molar refractivity (Wildman–Crippen MR) is 159 cm³/mol. The Labute approximate surface area is 231 Å². The third-order valence-electron chi connectivity index (χ3n) is 8.23. The number of anilines is 2. The standard InChI is InChI=1S/C30H44N4.2ClH/c1-2-17-33(16-1)29-12-8-25(9-13-29)21-31-23-27-6-5-7-28(20-27)24-32-22-26-10-14-30(15-11-26)34-18-3-4-19-34;;/h8-15,27-28,31-32H,1-7,16-24H2;2*1H. The van der Waals surface area contributed by atoms with Gasteiger partial charge in [-0.05, 0) is 105 Å². The van der Waals surface area contributed by atoms with Crippen LogP contribution in [-0.2, 0) is 13.1 Å². The van der Waals surface area contributed by atoms with Gasteiger partial charge in [0.05, 0.1) is 0 Å². The van der Waals surface area contributed by atoms with Crippen LogP contribution in [0.4, 0.5) is 11.4 Å². The molecule has 200 valence electrons. The van der Waals surface area contributed by atoms with Crippen LogP contribution in [0.1, 0.15) is 62.5 Å². The number of halogens is 2. The maximum absolute atomic E-state index is 3.75. The van der Waals surface area contributed by atoms with E-state index in [2.05, 4.69) is 69.0 Å². The molecule has 2 heterocycles. The average Bonchev–Trinajstić information content (AvgIpc) is 3.60. The van der Waals surface area contributed by atoms with Gasteiger partial charge in [0.15, 0.2) is 0 Å². The molecule has 2 aromatic carbocycles. The maximum Gasteiger partial charge on any atom is 0.0366 e. The topological polar surface area (TPSA) is 30.5 Å². The molecule has 3 fully saturated rings. The minimum atomic E-state index is 0. The molecule has 36 heavy (non-hydrogen) atoms. The molecule has 0 bridgehead atoms. The summed E-state index contributed by atoms with van der Waals surface area (Å²) in [5.74, 6) is 1.65. The zero-order valence-electron chi connectivity index (χ0n) is 21.8. The first-order valence-corrected chi connectivity index (χ1v) is 13.9. The molecule has 0 amide bonds. The Kier molecular flexibility index (Phi) is 12.2. The van der Waals surface area contributed by atoms with E-state index >= 15 is 0 Å². The van der Waals surface area contributed by atoms with E-state index in [-0.39, 0.29) is 24.8 Å². The lowest BCUT2D eigenvalue weighted by atomic mass is 9.81. The second kappa shape index (κ2) is 15.1. The monoisotopic (exact) mass is 532 g/mol. The van der Waals surface area contributed by atoms with E-state index in [1.54, 1.807) is 0 Å². The molecule has 1 saturated carbocycles. The molecule has 1 aliphatic carbocycles. The van der Waals surface area contributed by atoms with Crippen LogP contribution in [0.2, 0.25) is 0 Å². The second-order valence-corrected chi connectivity index (χ2v) is 10.9. The highest BCUT2D eigenvalue weighted by Gasteiger charge is 2.21. The first kappa shape index (κ1) is 29.1. The molecule has 3 aliphatic rings. The lowest BCUT2D eigenvalue weighted by Crippen LogP contribution is -2.31. The Morgan fingerprint density at radius 3 is 1.33 bits per heavy atom. The van der Waals surface area contributed by atoms with Crippen LogP contribution in [0.15, 0.2) is 48.5 Å². The number of nitrogens with zero attached hydrogens (tertiary/aromatic N) is 2. The highest BCUT2D eigenvalue weighted by molar-refractivity contribution is 5.85. The van der Waals surface area contributed by atoms with Crippen molar-refractivity contribution in [3.63, 3.8) is 0 Å². The van der Waals surface area contributed by atoms with Crippen LogP contribution in [0.3, 0.4) is 0 Å². The van der Waals surface area contributed by atoms with Gasteiger partial charge in [-0.3, -0.25) is 0 Å². The van der Waals surface area contributed by atoms with Crippen molar-refractivity contribution >= 4 is 36.2 Å². The van der Waals surface area contributed by atoms with Crippen molar-refractivity contribution < 1.29 is 0 Å². The molecular weight excluding hydrogens is 487 g/mol. The van der Waals surface area contributed by atoms with Crippen molar-refractivity contribution in [3.05, 3.63) is 59.7 Å². The fourth-order valence-corrected chi connectivity index (χ4v) is 6.21. The second-order valence-electron chi connectivity index (χ2n) is 10.9. The summed E-state index contributed by atoms with van der Waals surface area (Å²) >= 11 is 0. The van der Waals surface area contributed by atoms with Gasteiger partial charge in [0.1, 0.15) is 0 Å². The quantitative estimate of drug-likeness (QED) is 0.369. The third-order valence-corrected chi connectivity index (χ3v) is 8.23. The molecule has 2 aliphatic heterocycles. The maximum atomic E-state index is 3.75. The first-order chi connectivity index (χ1) is 16.8. The summed E-state index contributed by atoms with van der Waals surface area (Å²) in [6.07, 6.45) is 10.9. The van der Waals surface area contributed by atoms with Gasteiger partial charge >= 0.3 is 0 Å². The van der Waals surface area contributed by atoms with Crippen LogP contribution >= 0.6 is 24.8 Å². The van der Waals surface area contributed by atoms with Gasteiger partial charge in [0, 0.05) is 50.6 Å². The van der Waals surface area contributed by atoms with Crippen molar-refractivity contribution in [2.75, 3.05) is 49.1 Å². The molecule has 2 unspecified atom stereocenters. The molecule has 0 aromatic heterocycles. The Morgan fingerprint density at radius 2 is 0.944 bits per heavy atom. The number of hydrogen-bond acceptors (Lipinski definition) is 4. The Balaban J connectivity index is 0.00000180. The van der Waals surface area contributed by atoms with Gasteiger partial charge in [0.25, 0.3) is 0 Å². The SMILES string of the molecule is Cl.Cl.c1cc(N2CCCC2)ccc1CNCC1CCCC(CNCc2ccc(N3CCCC3)cc2)C1. The smallest absolute Gasteiger partial charge is 0.0366 e. The molecule has 5 rings (SSSR count). The zero-order valence-corrected chi connectivity index (χ0v) is 23.4. The van der Waals surface area contributed by atoms with E-state index in [1.807, 2.05) is 0 Å². The van der Waals surface area contributed by atoms with Crippen LogP contribution in [0.5, 0.6) is 0 Å². The number of hydrogen-bond donors (Lipinski definition) is 2. The molecular formula is C30H46Cl2N4. The van der Waals surface area contributed by atoms with Crippen LogP contribution < -0.4 is 20.4 Å². The average molecular weight is 534 g/mol. The number of nitrogens with one attached hydrogen (secondary N) is 2. The summed E-state index contributed by atoms with van der Waals surface area (Å²) in [4.78, 5) is 5.02. The first-order valence-electron chi connectivity index (χ1n) is 13.9. The summed E-state index contributed by atoms with van der Waals surface area (Å²) in [7, 11) is 0. The molecule has 2 N–H and O–H groups in total. The molecule has 0 spiro atoms. The third kappa shape index (κ3) is 8.28. The highest BCUT2D eigenvalue weighted by atomic mass is 35.5. The summed E-state index contributed by atoms with van der Waals surface area (Å²) in [6, 6.07) is 18.5. The van der Waals surface area contributed by atoms with Crippen LogP contribution in [0.25, 0.3) is 0 Å². The fourth-order valence-electron chi connectivity index (χ4n) is 6.21. The normalized spacial score (nSPS) is 21.8. The molecule has 2 aromatic rings. The van der Waals surface area contributed by atoms with Crippen LogP contribution in [-0.4, -0.2) is 39.3 Å². The fraction of sp³-hybridized carbons (Fsp3) is 0.600. The van der Waals surface area contributed by atoms with Crippen molar-refractivity contribution in [3.8, 4) is 0 Å². The van der Waals surface area contributed by atoms with E-state index < -0.39 is 0 Å². The molecule has 2 saturated heterocycles. The summed E-state index contributed by atoms with van der Waals surface area (Å²) < 4.78 is 0. The Bertz CT molecular complexity index is 790. The van der Waals surface area contributed by atoms with Crippen molar-refractivity contribution in [2.24, 2.45) is 11.8 Å². The van der Waals surface area contributed by atoms with E-state index in [0.29, 0.717) is 0 Å². The lowest BCUT2D eigenvalue weighted by Gasteiger charge is -2.29. The Morgan fingerprint density at radius 1 is 0.556 bits per heavy atom. The van der Waals surface area contributed by atoms with E-state index in [4.69, 9.17) is 0 Å².